The number of sulfonamides is 1. The quantitative estimate of drug-likeness (QED) is 0.861. The molecule has 2 aromatic rings. The van der Waals surface area contributed by atoms with Gasteiger partial charge in [0.15, 0.2) is 11.7 Å². The predicted octanol–water partition coefficient (Wildman–Crippen LogP) is 3.39. The summed E-state index contributed by atoms with van der Waals surface area (Å²) in [5.74, 6) is 1.97. The molecule has 2 fully saturated rings. The molecule has 0 N–H and O–H groups in total. The summed E-state index contributed by atoms with van der Waals surface area (Å²) in [6.45, 7) is 1.24. The minimum absolute atomic E-state index is 0.352. The van der Waals surface area contributed by atoms with E-state index in [1.54, 1.807) is 34.8 Å². The van der Waals surface area contributed by atoms with Crippen LogP contribution in [0.15, 0.2) is 39.8 Å². The summed E-state index contributed by atoms with van der Waals surface area (Å²) in [5, 5.41) is 0. The Balaban J connectivity index is 1.56. The number of piperidine rings is 1. The lowest BCUT2D eigenvalue weighted by atomic mass is 10.2. The van der Waals surface area contributed by atoms with E-state index in [0.29, 0.717) is 29.7 Å². The smallest absolute Gasteiger partial charge is 0.243 e. The van der Waals surface area contributed by atoms with Gasteiger partial charge in [0, 0.05) is 24.6 Å². The number of benzene rings is 1. The molecule has 0 amide bonds. The van der Waals surface area contributed by atoms with E-state index in [-0.39, 0.29) is 0 Å². The maximum Gasteiger partial charge on any atom is 0.243 e. The average molecular weight is 332 g/mol. The first-order valence-corrected chi connectivity index (χ1v) is 9.65. The molecule has 1 aromatic carbocycles. The second kappa shape index (κ2) is 5.76. The van der Waals surface area contributed by atoms with Crippen LogP contribution in [0.2, 0.25) is 0 Å². The predicted molar refractivity (Wildman–Crippen MR) is 86.5 cm³/mol. The molecule has 1 saturated carbocycles. The first kappa shape index (κ1) is 14.9. The van der Waals surface area contributed by atoms with Crippen LogP contribution in [0.25, 0.3) is 11.3 Å². The van der Waals surface area contributed by atoms with Gasteiger partial charge in [-0.25, -0.2) is 13.4 Å². The van der Waals surface area contributed by atoms with Crippen molar-refractivity contribution in [1.29, 1.82) is 0 Å². The SMILES string of the molecule is O=S(=O)(c1ccc(-c2cnc(C3CC3)o2)cc1)N1CCCCC1. The van der Waals surface area contributed by atoms with E-state index in [2.05, 4.69) is 4.98 Å². The molecule has 1 aromatic heterocycles. The molecule has 0 spiro atoms. The molecule has 0 bridgehead atoms. The Kier molecular flexibility index (Phi) is 3.73. The Morgan fingerprint density at radius 3 is 2.39 bits per heavy atom. The molecule has 4 rings (SSSR count). The minimum atomic E-state index is -3.37. The Hall–Kier alpha value is -1.66. The standard InChI is InChI=1S/C17H20N2O3S/c20-23(21,19-10-2-1-3-11-19)15-8-6-13(7-9-15)16-12-18-17(22-16)14-4-5-14/h6-9,12,14H,1-5,10-11H2. The number of aromatic nitrogens is 1. The zero-order valence-corrected chi connectivity index (χ0v) is 13.8. The second-order valence-electron chi connectivity index (χ2n) is 6.33. The van der Waals surface area contributed by atoms with Gasteiger partial charge >= 0.3 is 0 Å². The van der Waals surface area contributed by atoms with Crippen LogP contribution in [-0.4, -0.2) is 30.8 Å². The van der Waals surface area contributed by atoms with Gasteiger partial charge in [0.1, 0.15) is 0 Å². The summed E-state index contributed by atoms with van der Waals surface area (Å²) in [6.07, 6.45) is 7.01. The maximum atomic E-state index is 12.6. The van der Waals surface area contributed by atoms with Crippen LogP contribution in [-0.2, 0) is 10.0 Å². The first-order valence-electron chi connectivity index (χ1n) is 8.21. The van der Waals surface area contributed by atoms with Crippen molar-refractivity contribution in [2.24, 2.45) is 0 Å². The van der Waals surface area contributed by atoms with Gasteiger partial charge in [-0.15, -0.1) is 0 Å². The fourth-order valence-electron chi connectivity index (χ4n) is 2.99. The third-order valence-electron chi connectivity index (χ3n) is 4.54. The minimum Gasteiger partial charge on any atom is -0.440 e. The van der Waals surface area contributed by atoms with Gasteiger partial charge in [-0.05, 0) is 49.9 Å². The Morgan fingerprint density at radius 2 is 1.74 bits per heavy atom. The van der Waals surface area contributed by atoms with Crippen molar-refractivity contribution in [3.8, 4) is 11.3 Å². The van der Waals surface area contributed by atoms with Gasteiger partial charge in [0.25, 0.3) is 0 Å². The summed E-state index contributed by atoms with van der Waals surface area (Å²) >= 11 is 0. The van der Waals surface area contributed by atoms with E-state index in [1.807, 2.05) is 0 Å². The van der Waals surface area contributed by atoms with E-state index in [0.717, 1.165) is 43.6 Å². The monoisotopic (exact) mass is 332 g/mol. The second-order valence-corrected chi connectivity index (χ2v) is 8.26. The topological polar surface area (TPSA) is 63.4 Å². The lowest BCUT2D eigenvalue weighted by Crippen LogP contribution is -2.35. The van der Waals surface area contributed by atoms with E-state index in [9.17, 15) is 8.42 Å². The molecule has 1 saturated heterocycles. The number of hydrogen-bond donors (Lipinski definition) is 0. The van der Waals surface area contributed by atoms with Crippen molar-refractivity contribution in [2.45, 2.75) is 42.9 Å². The Morgan fingerprint density at radius 1 is 1.04 bits per heavy atom. The molecule has 6 heteroatoms. The van der Waals surface area contributed by atoms with Gasteiger partial charge in [0.2, 0.25) is 10.0 Å². The highest BCUT2D eigenvalue weighted by Crippen LogP contribution is 2.40. The molecule has 1 aliphatic heterocycles. The summed E-state index contributed by atoms with van der Waals surface area (Å²) in [4.78, 5) is 4.66. The maximum absolute atomic E-state index is 12.6. The highest BCUT2D eigenvalue weighted by molar-refractivity contribution is 7.89. The summed E-state index contributed by atoms with van der Waals surface area (Å²) < 4.78 is 32.6. The van der Waals surface area contributed by atoms with Crippen LogP contribution in [0.5, 0.6) is 0 Å². The zero-order valence-electron chi connectivity index (χ0n) is 12.9. The molecule has 5 nitrogen and oxygen atoms in total. The molecular formula is C17H20N2O3S. The highest BCUT2D eigenvalue weighted by Gasteiger charge is 2.29. The van der Waals surface area contributed by atoms with E-state index < -0.39 is 10.0 Å². The third kappa shape index (κ3) is 2.93. The van der Waals surface area contributed by atoms with Gasteiger partial charge in [-0.2, -0.15) is 4.31 Å². The fraction of sp³-hybridized carbons (Fsp3) is 0.471. The van der Waals surface area contributed by atoms with Crippen molar-refractivity contribution in [3.05, 3.63) is 36.4 Å². The Labute approximate surface area is 136 Å². The van der Waals surface area contributed by atoms with Crippen molar-refractivity contribution in [1.82, 2.24) is 9.29 Å². The molecule has 2 aliphatic rings. The molecule has 0 unspecified atom stereocenters. The number of nitrogens with zero attached hydrogens (tertiary/aromatic N) is 2. The molecule has 1 aliphatic carbocycles. The van der Waals surface area contributed by atoms with Crippen LogP contribution >= 0.6 is 0 Å². The van der Waals surface area contributed by atoms with E-state index >= 15 is 0 Å². The molecule has 122 valence electrons. The molecule has 23 heavy (non-hydrogen) atoms. The average Bonchev–Trinajstić information content (AvgIpc) is 3.33. The number of rotatable bonds is 4. The van der Waals surface area contributed by atoms with Gasteiger partial charge < -0.3 is 4.42 Å². The van der Waals surface area contributed by atoms with Crippen LogP contribution < -0.4 is 0 Å². The van der Waals surface area contributed by atoms with Crippen molar-refractivity contribution in [3.63, 3.8) is 0 Å². The number of oxazole rings is 1. The molecule has 0 radical (unpaired) electrons. The van der Waals surface area contributed by atoms with Crippen molar-refractivity contribution >= 4 is 10.0 Å². The van der Waals surface area contributed by atoms with E-state index in [4.69, 9.17) is 4.42 Å². The van der Waals surface area contributed by atoms with Crippen LogP contribution in [0.4, 0.5) is 0 Å². The lowest BCUT2D eigenvalue weighted by Gasteiger charge is -2.25. The normalized spacial score (nSPS) is 19.8. The first-order chi connectivity index (χ1) is 11.1. The summed E-state index contributed by atoms with van der Waals surface area (Å²) in [6, 6.07) is 6.93. The zero-order chi connectivity index (χ0) is 15.9. The number of hydrogen-bond acceptors (Lipinski definition) is 4. The van der Waals surface area contributed by atoms with Crippen molar-refractivity contribution in [2.75, 3.05) is 13.1 Å². The molecule has 0 atom stereocenters. The fourth-order valence-corrected chi connectivity index (χ4v) is 4.50. The third-order valence-corrected chi connectivity index (χ3v) is 6.45. The molecular weight excluding hydrogens is 312 g/mol. The highest BCUT2D eigenvalue weighted by atomic mass is 32.2. The van der Waals surface area contributed by atoms with Gasteiger partial charge in [-0.3, -0.25) is 0 Å². The summed E-state index contributed by atoms with van der Waals surface area (Å²) in [5.41, 5.74) is 0.863. The van der Waals surface area contributed by atoms with Crippen LogP contribution in [0.3, 0.4) is 0 Å². The molecule has 2 heterocycles. The van der Waals surface area contributed by atoms with Gasteiger partial charge in [-0.1, -0.05) is 6.42 Å². The Bertz CT molecular complexity index is 786. The van der Waals surface area contributed by atoms with Crippen LogP contribution in [0.1, 0.15) is 43.9 Å². The van der Waals surface area contributed by atoms with Gasteiger partial charge in [0.05, 0.1) is 11.1 Å². The largest absolute Gasteiger partial charge is 0.440 e. The van der Waals surface area contributed by atoms with Crippen molar-refractivity contribution < 1.29 is 12.8 Å². The van der Waals surface area contributed by atoms with Crippen LogP contribution in [0, 0.1) is 0 Å². The van der Waals surface area contributed by atoms with E-state index in [1.165, 1.54) is 0 Å². The lowest BCUT2D eigenvalue weighted by molar-refractivity contribution is 0.346. The summed E-state index contributed by atoms with van der Waals surface area (Å²) in [7, 11) is -3.37.